The van der Waals surface area contributed by atoms with Crippen LogP contribution < -0.4 is 0 Å². The van der Waals surface area contributed by atoms with Crippen LogP contribution in [0.1, 0.15) is 97.6 Å². The summed E-state index contributed by atoms with van der Waals surface area (Å²) in [6.45, 7) is 6.76. The number of alkyl halides is 3. The molecule has 3 heterocycles. The van der Waals surface area contributed by atoms with E-state index in [0.29, 0.717) is 55.7 Å². The molecular formula is C26H30F3NO4. The fraction of sp³-hybridized carbons (Fsp3) is 0.577. The lowest BCUT2D eigenvalue weighted by Gasteiger charge is -2.40. The number of halogens is 3. The lowest BCUT2D eigenvalue weighted by atomic mass is 9.70. The van der Waals surface area contributed by atoms with Crippen LogP contribution in [0.25, 0.3) is 0 Å². The minimum Gasteiger partial charge on any atom is -0.388 e. The SMILES string of the molecule is CC(O)c1nc2c(c3c1[C@@H](c1ccc(C(F)(F)F)cc1)OC31CCOCC1)C(O)CC(C)(C)C2. The Kier molecular flexibility index (Phi) is 5.59. The summed E-state index contributed by atoms with van der Waals surface area (Å²) in [6, 6.07) is 4.97. The number of aliphatic hydroxyl groups is 2. The van der Waals surface area contributed by atoms with Gasteiger partial charge in [0.2, 0.25) is 0 Å². The Morgan fingerprint density at radius 3 is 2.32 bits per heavy atom. The van der Waals surface area contributed by atoms with Gasteiger partial charge < -0.3 is 19.7 Å². The molecule has 1 saturated heterocycles. The van der Waals surface area contributed by atoms with Crippen LogP contribution in [0.2, 0.25) is 0 Å². The minimum absolute atomic E-state index is 0.154. The van der Waals surface area contributed by atoms with Gasteiger partial charge in [-0.25, -0.2) is 0 Å². The number of nitrogens with zero attached hydrogens (tertiary/aromatic N) is 1. The lowest BCUT2D eigenvalue weighted by molar-refractivity contribution is -0.137. The summed E-state index contributed by atoms with van der Waals surface area (Å²) < 4.78 is 51.8. The number of aromatic nitrogens is 1. The predicted molar refractivity (Wildman–Crippen MR) is 118 cm³/mol. The van der Waals surface area contributed by atoms with Gasteiger partial charge in [-0.2, -0.15) is 13.2 Å². The fourth-order valence-corrected chi connectivity index (χ4v) is 5.90. The third kappa shape index (κ3) is 3.85. The second kappa shape index (κ2) is 8.01. The molecule has 5 rings (SSSR count). The van der Waals surface area contributed by atoms with E-state index in [1.165, 1.54) is 12.1 Å². The van der Waals surface area contributed by atoms with Crippen molar-refractivity contribution in [2.75, 3.05) is 13.2 Å². The van der Waals surface area contributed by atoms with Gasteiger partial charge in [0.1, 0.15) is 6.10 Å². The molecule has 1 spiro atoms. The van der Waals surface area contributed by atoms with Crippen LogP contribution >= 0.6 is 0 Å². The Morgan fingerprint density at radius 2 is 1.74 bits per heavy atom. The van der Waals surface area contributed by atoms with Crippen molar-refractivity contribution in [2.24, 2.45) is 5.41 Å². The van der Waals surface area contributed by atoms with Gasteiger partial charge in [0, 0.05) is 42.9 Å². The second-order valence-electron chi connectivity index (χ2n) is 10.6. The summed E-state index contributed by atoms with van der Waals surface area (Å²) in [6.07, 6.45) is -4.43. The number of rotatable bonds is 2. The van der Waals surface area contributed by atoms with E-state index >= 15 is 0 Å². The highest BCUT2D eigenvalue weighted by atomic mass is 19.4. The molecule has 0 saturated carbocycles. The molecular weight excluding hydrogens is 447 g/mol. The standard InChI is InChI=1S/C26H30F3NO4/c1-14(31)22-20-21(19-17(30-22)12-24(2,3)13-18(19)32)25(8-10-33-11-9-25)34-23(20)15-4-6-16(7-5-15)26(27,28)29/h4-7,14,18,23,31-32H,8-13H2,1-3H3/t14?,18?,23-/m1/s1. The zero-order chi connectivity index (χ0) is 24.5. The summed E-state index contributed by atoms with van der Waals surface area (Å²) in [5.74, 6) is 0. The van der Waals surface area contributed by atoms with Crippen LogP contribution in [0, 0.1) is 5.41 Å². The molecule has 2 aromatic rings. The number of hydrogen-bond acceptors (Lipinski definition) is 5. The molecule has 3 atom stereocenters. The first-order valence-electron chi connectivity index (χ1n) is 11.8. The summed E-state index contributed by atoms with van der Waals surface area (Å²) in [5, 5.41) is 22.0. The van der Waals surface area contributed by atoms with Gasteiger partial charge in [-0.15, -0.1) is 0 Å². The lowest BCUT2D eigenvalue weighted by Crippen LogP contribution is -2.37. The van der Waals surface area contributed by atoms with Crippen LogP contribution in [0.15, 0.2) is 24.3 Å². The van der Waals surface area contributed by atoms with E-state index in [0.717, 1.165) is 29.0 Å². The van der Waals surface area contributed by atoms with Crippen molar-refractivity contribution in [3.63, 3.8) is 0 Å². The zero-order valence-corrected chi connectivity index (χ0v) is 19.6. The van der Waals surface area contributed by atoms with Crippen LogP contribution in [0.5, 0.6) is 0 Å². The van der Waals surface area contributed by atoms with Crippen molar-refractivity contribution >= 4 is 0 Å². The highest BCUT2D eigenvalue weighted by Crippen LogP contribution is 2.57. The smallest absolute Gasteiger partial charge is 0.388 e. The number of benzene rings is 1. The Morgan fingerprint density at radius 1 is 1.09 bits per heavy atom. The summed E-state index contributed by atoms with van der Waals surface area (Å²) in [4.78, 5) is 4.84. The molecule has 2 unspecified atom stereocenters. The average Bonchev–Trinajstić information content (AvgIpc) is 3.06. The molecule has 8 heteroatoms. The molecule has 34 heavy (non-hydrogen) atoms. The first-order valence-corrected chi connectivity index (χ1v) is 11.8. The van der Waals surface area contributed by atoms with Crippen molar-refractivity contribution < 1.29 is 32.9 Å². The topological polar surface area (TPSA) is 71.8 Å². The molecule has 1 fully saturated rings. The molecule has 0 bridgehead atoms. The van der Waals surface area contributed by atoms with Crippen molar-refractivity contribution in [1.29, 1.82) is 0 Å². The highest BCUT2D eigenvalue weighted by molar-refractivity contribution is 5.54. The number of aliphatic hydroxyl groups excluding tert-OH is 2. The average molecular weight is 478 g/mol. The largest absolute Gasteiger partial charge is 0.416 e. The molecule has 5 nitrogen and oxygen atoms in total. The molecule has 1 aromatic heterocycles. The van der Waals surface area contributed by atoms with Crippen LogP contribution in [0.3, 0.4) is 0 Å². The first kappa shape index (κ1) is 23.7. The van der Waals surface area contributed by atoms with E-state index in [1.54, 1.807) is 6.92 Å². The maximum Gasteiger partial charge on any atom is 0.416 e. The van der Waals surface area contributed by atoms with Gasteiger partial charge in [0.05, 0.1) is 29.1 Å². The van der Waals surface area contributed by atoms with E-state index < -0.39 is 35.7 Å². The predicted octanol–water partition coefficient (Wildman–Crippen LogP) is 5.28. The van der Waals surface area contributed by atoms with Crippen molar-refractivity contribution in [2.45, 2.75) is 76.5 Å². The molecule has 184 valence electrons. The van der Waals surface area contributed by atoms with Gasteiger partial charge in [-0.05, 0) is 48.4 Å². The normalized spacial score (nSPS) is 26.2. The monoisotopic (exact) mass is 477 g/mol. The fourth-order valence-electron chi connectivity index (χ4n) is 5.90. The van der Waals surface area contributed by atoms with Crippen molar-refractivity contribution in [3.05, 3.63) is 63.5 Å². The molecule has 1 aromatic carbocycles. The third-order valence-electron chi connectivity index (χ3n) is 7.40. The second-order valence-corrected chi connectivity index (χ2v) is 10.6. The Labute approximate surface area is 196 Å². The van der Waals surface area contributed by atoms with E-state index in [9.17, 15) is 23.4 Å². The third-order valence-corrected chi connectivity index (χ3v) is 7.40. The van der Waals surface area contributed by atoms with Crippen LogP contribution in [0.4, 0.5) is 13.2 Å². The van der Waals surface area contributed by atoms with Crippen LogP contribution in [-0.4, -0.2) is 28.4 Å². The summed E-state index contributed by atoms with van der Waals surface area (Å²) in [5.41, 5.74) is 2.44. The van der Waals surface area contributed by atoms with E-state index in [-0.39, 0.29) is 5.41 Å². The van der Waals surface area contributed by atoms with Crippen molar-refractivity contribution in [3.8, 4) is 0 Å². The van der Waals surface area contributed by atoms with E-state index in [1.807, 2.05) is 0 Å². The van der Waals surface area contributed by atoms with Gasteiger partial charge in [0.15, 0.2) is 0 Å². The Hall–Kier alpha value is -2.00. The van der Waals surface area contributed by atoms with Gasteiger partial charge in [-0.3, -0.25) is 4.98 Å². The Balaban J connectivity index is 1.74. The maximum atomic E-state index is 13.2. The van der Waals surface area contributed by atoms with Crippen LogP contribution in [-0.2, 0) is 27.7 Å². The first-order chi connectivity index (χ1) is 15.9. The molecule has 3 aliphatic rings. The van der Waals surface area contributed by atoms with Gasteiger partial charge in [-0.1, -0.05) is 26.0 Å². The maximum absolute atomic E-state index is 13.2. The Bertz CT molecular complexity index is 1090. The van der Waals surface area contributed by atoms with E-state index in [4.69, 9.17) is 14.5 Å². The molecule has 0 amide bonds. The molecule has 1 aliphatic carbocycles. The molecule has 0 radical (unpaired) electrons. The summed E-state index contributed by atoms with van der Waals surface area (Å²) >= 11 is 0. The van der Waals surface area contributed by atoms with Gasteiger partial charge >= 0.3 is 6.18 Å². The minimum atomic E-state index is -4.43. The quantitative estimate of drug-likeness (QED) is 0.616. The number of pyridine rings is 1. The van der Waals surface area contributed by atoms with E-state index in [2.05, 4.69) is 13.8 Å². The molecule has 2 aliphatic heterocycles. The number of fused-ring (bicyclic) bond motifs is 4. The number of hydrogen-bond donors (Lipinski definition) is 2. The highest BCUT2D eigenvalue weighted by Gasteiger charge is 2.52. The zero-order valence-electron chi connectivity index (χ0n) is 19.6. The van der Waals surface area contributed by atoms with Gasteiger partial charge in [0.25, 0.3) is 0 Å². The number of ether oxygens (including phenoxy) is 2. The van der Waals surface area contributed by atoms with Crippen molar-refractivity contribution in [1.82, 2.24) is 4.98 Å². The summed E-state index contributed by atoms with van der Waals surface area (Å²) in [7, 11) is 0. The molecule has 2 N–H and O–H groups in total.